The van der Waals surface area contributed by atoms with Gasteiger partial charge in [0.15, 0.2) is 4.34 Å². The van der Waals surface area contributed by atoms with Crippen molar-refractivity contribution in [1.29, 1.82) is 0 Å². The lowest BCUT2D eigenvalue weighted by Crippen LogP contribution is -2.32. The van der Waals surface area contributed by atoms with Crippen LogP contribution in [0.15, 0.2) is 34.7 Å². The predicted molar refractivity (Wildman–Crippen MR) is 124 cm³/mol. The Hall–Kier alpha value is -1.66. The molecule has 3 aliphatic rings. The van der Waals surface area contributed by atoms with E-state index in [0.29, 0.717) is 5.69 Å². The summed E-state index contributed by atoms with van der Waals surface area (Å²) < 4.78 is 2.13. The fourth-order valence-corrected chi connectivity index (χ4v) is 7.46. The van der Waals surface area contributed by atoms with Crippen LogP contribution in [0.4, 0.5) is 5.69 Å². The number of hydrogen-bond acceptors (Lipinski definition) is 5. The van der Waals surface area contributed by atoms with Crippen LogP contribution in [-0.4, -0.2) is 22.6 Å². The van der Waals surface area contributed by atoms with Crippen LogP contribution in [-0.2, 0) is 9.59 Å². The molecule has 4 atom stereocenters. The van der Waals surface area contributed by atoms with Gasteiger partial charge >= 0.3 is 0 Å². The molecule has 2 amide bonds. The molecule has 158 valence electrons. The number of imide groups is 1. The van der Waals surface area contributed by atoms with Gasteiger partial charge in [0, 0.05) is 5.75 Å². The minimum atomic E-state index is -0.145. The van der Waals surface area contributed by atoms with Gasteiger partial charge in [-0.25, -0.2) is 9.88 Å². The summed E-state index contributed by atoms with van der Waals surface area (Å²) in [4.78, 5) is 32.3. The highest BCUT2D eigenvalue weighted by Crippen LogP contribution is 2.53. The number of carbonyl (C=O) groups excluding carboxylic acids is 2. The standard InChI is InChI=1S/C24H28N2O2S2/c1-2-3-4-5-6-7-12-29-24-25-18-11-10-17(14-19(18)30-24)26-22(27)20-15-8-9-16(13-15)21(20)23(26)28/h8-11,14-16,20-21H,2-7,12-13H2,1H3/t15-,16+,20-,21-/m0/s1. The van der Waals surface area contributed by atoms with E-state index >= 15 is 0 Å². The van der Waals surface area contributed by atoms with Crippen molar-refractivity contribution in [2.75, 3.05) is 10.7 Å². The maximum absolute atomic E-state index is 13.1. The van der Waals surface area contributed by atoms with Crippen LogP contribution >= 0.6 is 23.1 Å². The number of benzene rings is 1. The number of carbonyl (C=O) groups is 2. The molecule has 1 aromatic heterocycles. The number of thiazole rings is 1. The van der Waals surface area contributed by atoms with Gasteiger partial charge in [0.2, 0.25) is 11.8 Å². The first-order valence-corrected chi connectivity index (χ1v) is 13.1. The molecule has 1 saturated heterocycles. The second-order valence-electron chi connectivity index (χ2n) is 8.76. The molecule has 2 fully saturated rings. The van der Waals surface area contributed by atoms with E-state index in [0.717, 1.165) is 26.7 Å². The number of hydrogen-bond donors (Lipinski definition) is 0. The minimum absolute atomic E-state index is 0.0108. The van der Waals surface area contributed by atoms with E-state index in [1.165, 1.54) is 43.4 Å². The monoisotopic (exact) mass is 440 g/mol. The Kier molecular flexibility index (Phi) is 5.71. The van der Waals surface area contributed by atoms with E-state index in [2.05, 4.69) is 19.1 Å². The molecule has 6 heteroatoms. The molecule has 1 saturated carbocycles. The first-order chi connectivity index (χ1) is 14.7. The van der Waals surface area contributed by atoms with Gasteiger partial charge in [-0.05, 0) is 42.9 Å². The zero-order valence-corrected chi connectivity index (χ0v) is 19.0. The van der Waals surface area contributed by atoms with Crippen LogP contribution in [0.5, 0.6) is 0 Å². The molecule has 4 nitrogen and oxygen atoms in total. The zero-order chi connectivity index (χ0) is 20.7. The topological polar surface area (TPSA) is 50.3 Å². The quantitative estimate of drug-likeness (QED) is 0.206. The van der Waals surface area contributed by atoms with Crippen molar-refractivity contribution >= 4 is 50.8 Å². The minimum Gasteiger partial charge on any atom is -0.274 e. The maximum Gasteiger partial charge on any atom is 0.238 e. The molecule has 5 rings (SSSR count). The number of fused-ring (bicyclic) bond motifs is 6. The molecule has 1 aromatic carbocycles. The highest BCUT2D eigenvalue weighted by Gasteiger charge is 2.59. The van der Waals surface area contributed by atoms with Crippen LogP contribution in [0.2, 0.25) is 0 Å². The third-order valence-electron chi connectivity index (χ3n) is 6.80. The van der Waals surface area contributed by atoms with Gasteiger partial charge in [-0.1, -0.05) is 62.9 Å². The zero-order valence-electron chi connectivity index (χ0n) is 17.4. The van der Waals surface area contributed by atoms with Crippen molar-refractivity contribution in [2.45, 2.75) is 56.2 Å². The summed E-state index contributed by atoms with van der Waals surface area (Å²) in [5, 5.41) is 0. The van der Waals surface area contributed by atoms with Crippen molar-refractivity contribution in [2.24, 2.45) is 23.7 Å². The largest absolute Gasteiger partial charge is 0.274 e. The van der Waals surface area contributed by atoms with Crippen molar-refractivity contribution in [3.8, 4) is 0 Å². The lowest BCUT2D eigenvalue weighted by Gasteiger charge is -2.17. The molecule has 0 spiro atoms. The Bertz CT molecular complexity index is 968. The molecular weight excluding hydrogens is 412 g/mol. The second kappa shape index (κ2) is 8.46. The van der Waals surface area contributed by atoms with E-state index in [4.69, 9.17) is 4.98 Å². The third-order valence-corrected chi connectivity index (χ3v) is 9.05. The highest BCUT2D eigenvalue weighted by atomic mass is 32.2. The van der Waals surface area contributed by atoms with E-state index in [1.54, 1.807) is 11.3 Å². The average Bonchev–Trinajstić information content (AvgIpc) is 3.50. The fraction of sp³-hybridized carbons (Fsp3) is 0.542. The van der Waals surface area contributed by atoms with Crippen LogP contribution in [0.3, 0.4) is 0 Å². The summed E-state index contributed by atoms with van der Waals surface area (Å²) in [6.07, 6.45) is 13.1. The molecule has 2 aliphatic carbocycles. The third kappa shape index (κ3) is 3.52. The van der Waals surface area contributed by atoms with Gasteiger partial charge in [0.1, 0.15) is 0 Å². The van der Waals surface area contributed by atoms with Gasteiger partial charge in [-0.15, -0.1) is 11.3 Å². The van der Waals surface area contributed by atoms with Gasteiger partial charge in [0.05, 0.1) is 27.7 Å². The predicted octanol–water partition coefficient (Wildman–Crippen LogP) is 6.06. The summed E-state index contributed by atoms with van der Waals surface area (Å²) in [5.74, 6) is 1.28. The first-order valence-electron chi connectivity index (χ1n) is 11.3. The molecule has 0 N–H and O–H groups in total. The van der Waals surface area contributed by atoms with E-state index in [9.17, 15) is 9.59 Å². The maximum atomic E-state index is 13.1. The van der Waals surface area contributed by atoms with Gasteiger partial charge in [-0.2, -0.15) is 0 Å². The van der Waals surface area contributed by atoms with Crippen LogP contribution in [0, 0.1) is 23.7 Å². The van der Waals surface area contributed by atoms with Crippen molar-refractivity contribution in [3.05, 3.63) is 30.4 Å². The number of amides is 2. The molecule has 0 radical (unpaired) electrons. The van der Waals surface area contributed by atoms with Crippen molar-refractivity contribution in [1.82, 2.24) is 4.98 Å². The van der Waals surface area contributed by atoms with Crippen LogP contribution in [0.1, 0.15) is 51.9 Å². The van der Waals surface area contributed by atoms with Crippen LogP contribution < -0.4 is 4.90 Å². The summed E-state index contributed by atoms with van der Waals surface area (Å²) in [7, 11) is 0. The number of nitrogens with zero attached hydrogens (tertiary/aromatic N) is 2. The number of rotatable bonds is 9. The van der Waals surface area contributed by atoms with Crippen LogP contribution in [0.25, 0.3) is 10.2 Å². The summed E-state index contributed by atoms with van der Waals surface area (Å²) in [6.45, 7) is 2.25. The van der Waals surface area contributed by atoms with E-state index < -0.39 is 0 Å². The van der Waals surface area contributed by atoms with Crippen molar-refractivity contribution < 1.29 is 9.59 Å². The molecule has 2 aromatic rings. The summed E-state index contributed by atoms with van der Waals surface area (Å²) >= 11 is 3.49. The van der Waals surface area contributed by atoms with E-state index in [1.807, 2.05) is 30.0 Å². The number of thioether (sulfide) groups is 1. The Balaban J connectivity index is 1.25. The smallest absolute Gasteiger partial charge is 0.238 e. The normalized spacial score (nSPS) is 27.0. The lowest BCUT2D eigenvalue weighted by atomic mass is 9.85. The number of aromatic nitrogens is 1. The van der Waals surface area contributed by atoms with E-state index in [-0.39, 0.29) is 35.5 Å². The Labute approximate surface area is 186 Å². The average molecular weight is 441 g/mol. The fourth-order valence-electron chi connectivity index (χ4n) is 5.29. The SMILES string of the molecule is CCCCCCCCSc1nc2ccc(N3C(=O)[C@@H]4[C@@H](C3=O)[C@H]3C=C[C@@H]4C3)cc2s1. The number of anilines is 1. The second-order valence-corrected chi connectivity index (χ2v) is 11.1. The molecular formula is C24H28N2O2S2. The summed E-state index contributed by atoms with van der Waals surface area (Å²) in [5.41, 5.74) is 1.66. The Morgan fingerprint density at radius 1 is 1.03 bits per heavy atom. The molecule has 2 bridgehead atoms. The van der Waals surface area contributed by atoms with Gasteiger partial charge < -0.3 is 0 Å². The number of unbranched alkanes of at least 4 members (excludes halogenated alkanes) is 5. The molecule has 0 unspecified atom stereocenters. The van der Waals surface area contributed by atoms with Gasteiger partial charge in [0.25, 0.3) is 0 Å². The Morgan fingerprint density at radius 2 is 1.73 bits per heavy atom. The summed E-state index contributed by atoms with van der Waals surface area (Å²) in [6, 6.07) is 5.82. The molecule has 1 aliphatic heterocycles. The molecule has 2 heterocycles. The first kappa shape index (κ1) is 20.3. The number of allylic oxidation sites excluding steroid dienone is 2. The highest BCUT2D eigenvalue weighted by molar-refractivity contribution is 8.01. The molecule has 30 heavy (non-hydrogen) atoms. The van der Waals surface area contributed by atoms with Crippen molar-refractivity contribution in [3.63, 3.8) is 0 Å². The Morgan fingerprint density at radius 3 is 2.47 bits per heavy atom. The van der Waals surface area contributed by atoms with Gasteiger partial charge in [-0.3, -0.25) is 9.59 Å². The lowest BCUT2D eigenvalue weighted by molar-refractivity contribution is -0.123.